The summed E-state index contributed by atoms with van der Waals surface area (Å²) in [5, 5.41) is 0. The summed E-state index contributed by atoms with van der Waals surface area (Å²) in [6.07, 6.45) is -0.997. The molecule has 1 saturated heterocycles. The number of ether oxygens (including phenoxy) is 3. The fourth-order valence-electron chi connectivity index (χ4n) is 4.17. The molecule has 7 nitrogen and oxygen atoms in total. The Hall–Kier alpha value is -3.35. The van der Waals surface area contributed by atoms with E-state index in [9.17, 15) is 14.4 Å². The third kappa shape index (κ3) is 2.39. The highest BCUT2D eigenvalue weighted by molar-refractivity contribution is 6.14. The number of para-hydroxylation sites is 2. The number of amides is 1. The summed E-state index contributed by atoms with van der Waals surface area (Å²) >= 11 is 0. The van der Waals surface area contributed by atoms with Crippen molar-refractivity contribution in [2.24, 2.45) is 11.8 Å². The lowest BCUT2D eigenvalue weighted by Crippen LogP contribution is -2.72. The van der Waals surface area contributed by atoms with Crippen molar-refractivity contribution in [2.45, 2.75) is 11.6 Å². The van der Waals surface area contributed by atoms with Crippen LogP contribution in [-0.4, -0.2) is 43.7 Å². The number of rotatable bonds is 5. The summed E-state index contributed by atoms with van der Waals surface area (Å²) < 4.78 is 15.8. The van der Waals surface area contributed by atoms with E-state index in [1.54, 1.807) is 48.5 Å². The zero-order chi connectivity index (χ0) is 19.9. The van der Waals surface area contributed by atoms with Crippen molar-refractivity contribution in [2.75, 3.05) is 19.1 Å². The molecule has 2 aromatic rings. The molecule has 1 aliphatic heterocycles. The van der Waals surface area contributed by atoms with E-state index in [2.05, 4.69) is 0 Å². The van der Waals surface area contributed by atoms with Crippen LogP contribution < -0.4 is 9.64 Å². The Morgan fingerprint density at radius 2 is 1.36 bits per heavy atom. The molecule has 0 bridgehead atoms. The van der Waals surface area contributed by atoms with Crippen molar-refractivity contribution in [3.63, 3.8) is 0 Å². The molecule has 0 aromatic heterocycles. The molecule has 0 N–H and O–H groups in total. The molecule has 7 heteroatoms. The van der Waals surface area contributed by atoms with Crippen LogP contribution >= 0.6 is 0 Å². The average Bonchev–Trinajstić information content (AvgIpc) is 3.44. The standard InChI is InChI=1S/C21H19NO6/c1-26-19(24)15-16(20(25)27-2)21(15)17(28-14-11-7-4-8-12-14)18(23)22(21)13-9-5-3-6-10-13/h3-12,15-17H,1-2H3/t15-,16-,17-/m1/s1. The first-order valence-corrected chi connectivity index (χ1v) is 8.83. The fraction of sp³-hybridized carbons (Fsp3) is 0.286. The lowest BCUT2D eigenvalue weighted by Gasteiger charge is -2.48. The molecule has 2 aliphatic rings. The van der Waals surface area contributed by atoms with E-state index >= 15 is 0 Å². The van der Waals surface area contributed by atoms with Gasteiger partial charge in [0, 0.05) is 5.69 Å². The Balaban J connectivity index is 1.78. The van der Waals surface area contributed by atoms with Gasteiger partial charge in [-0.15, -0.1) is 0 Å². The molecule has 2 fully saturated rings. The van der Waals surface area contributed by atoms with Gasteiger partial charge in [0.1, 0.15) is 23.1 Å². The smallest absolute Gasteiger partial charge is 0.312 e. The number of hydrogen-bond donors (Lipinski definition) is 0. The molecular weight excluding hydrogens is 362 g/mol. The van der Waals surface area contributed by atoms with E-state index in [0.717, 1.165) is 0 Å². The Kier molecular flexibility index (Phi) is 4.30. The summed E-state index contributed by atoms with van der Waals surface area (Å²) in [5.41, 5.74) is -0.588. The summed E-state index contributed by atoms with van der Waals surface area (Å²) in [7, 11) is 2.51. The van der Waals surface area contributed by atoms with Gasteiger partial charge < -0.3 is 14.2 Å². The quantitative estimate of drug-likeness (QED) is 0.580. The monoisotopic (exact) mass is 381 g/mol. The molecule has 1 saturated carbocycles. The molecule has 3 atom stereocenters. The van der Waals surface area contributed by atoms with E-state index in [1.807, 2.05) is 12.1 Å². The SMILES string of the molecule is COC(=O)[C@H]1[C@H](C(=O)OC)C12[C@H](Oc1ccccc1)C(=O)N2c1ccccc1. The van der Waals surface area contributed by atoms with Crippen LogP contribution in [0, 0.1) is 11.8 Å². The van der Waals surface area contributed by atoms with Gasteiger partial charge in [-0.1, -0.05) is 36.4 Å². The second-order valence-corrected chi connectivity index (χ2v) is 6.71. The minimum absolute atomic E-state index is 0.324. The first-order chi connectivity index (χ1) is 13.6. The number of esters is 2. The molecular formula is C21H19NO6. The third-order valence-corrected chi connectivity index (χ3v) is 5.39. The number of β-lactam (4-membered cyclic amide) rings is 1. The van der Waals surface area contributed by atoms with Gasteiger partial charge in [-0.05, 0) is 24.3 Å². The fourth-order valence-corrected chi connectivity index (χ4v) is 4.17. The van der Waals surface area contributed by atoms with E-state index in [-0.39, 0.29) is 5.91 Å². The summed E-state index contributed by atoms with van der Waals surface area (Å²) in [5.74, 6) is -2.73. The maximum Gasteiger partial charge on any atom is 0.312 e. The van der Waals surface area contributed by atoms with Gasteiger partial charge in [0.25, 0.3) is 5.91 Å². The molecule has 1 amide bonds. The Labute approximate surface area is 161 Å². The normalized spacial score (nSPS) is 27.7. The second-order valence-electron chi connectivity index (χ2n) is 6.71. The minimum atomic E-state index is -1.17. The van der Waals surface area contributed by atoms with E-state index in [4.69, 9.17) is 14.2 Å². The number of nitrogens with zero attached hydrogens (tertiary/aromatic N) is 1. The number of hydrogen-bond acceptors (Lipinski definition) is 6. The van der Waals surface area contributed by atoms with Crippen molar-refractivity contribution < 1.29 is 28.6 Å². The maximum absolute atomic E-state index is 13.0. The van der Waals surface area contributed by atoms with Crippen LogP contribution in [0.2, 0.25) is 0 Å². The molecule has 0 unspecified atom stereocenters. The van der Waals surface area contributed by atoms with Crippen molar-refractivity contribution in [3.8, 4) is 5.75 Å². The highest BCUT2D eigenvalue weighted by Crippen LogP contribution is 2.65. The number of benzene rings is 2. The third-order valence-electron chi connectivity index (χ3n) is 5.39. The van der Waals surface area contributed by atoms with Crippen molar-refractivity contribution >= 4 is 23.5 Å². The number of methoxy groups -OCH3 is 2. The summed E-state index contributed by atoms with van der Waals surface area (Å²) in [6.45, 7) is 0. The van der Waals surface area contributed by atoms with Crippen molar-refractivity contribution in [1.29, 1.82) is 0 Å². The molecule has 1 heterocycles. The molecule has 2 aromatic carbocycles. The van der Waals surface area contributed by atoms with Crippen LogP contribution in [0.4, 0.5) is 5.69 Å². The largest absolute Gasteiger partial charge is 0.478 e. The van der Waals surface area contributed by atoms with Gasteiger partial charge in [-0.3, -0.25) is 19.3 Å². The molecule has 28 heavy (non-hydrogen) atoms. The lowest BCUT2D eigenvalue weighted by molar-refractivity contribution is -0.148. The predicted molar refractivity (Wildman–Crippen MR) is 98.5 cm³/mol. The number of carbonyl (C=O) groups is 3. The topological polar surface area (TPSA) is 82.1 Å². The van der Waals surface area contributed by atoms with Gasteiger partial charge in [-0.25, -0.2) is 0 Å². The number of anilines is 1. The Morgan fingerprint density at radius 3 is 1.86 bits per heavy atom. The van der Waals surface area contributed by atoms with Crippen LogP contribution in [-0.2, 0) is 23.9 Å². The molecule has 4 rings (SSSR count). The van der Waals surface area contributed by atoms with Gasteiger partial charge in [0.05, 0.1) is 14.2 Å². The zero-order valence-corrected chi connectivity index (χ0v) is 15.4. The van der Waals surface area contributed by atoms with Crippen LogP contribution in [0.15, 0.2) is 60.7 Å². The van der Waals surface area contributed by atoms with Gasteiger partial charge >= 0.3 is 11.9 Å². The first-order valence-electron chi connectivity index (χ1n) is 8.83. The van der Waals surface area contributed by atoms with Crippen molar-refractivity contribution in [3.05, 3.63) is 60.7 Å². The highest BCUT2D eigenvalue weighted by Gasteiger charge is 2.88. The Bertz CT molecular complexity index is 891. The lowest BCUT2D eigenvalue weighted by atomic mass is 9.89. The summed E-state index contributed by atoms with van der Waals surface area (Å²) in [6, 6.07) is 17.7. The molecule has 1 spiro atoms. The second kappa shape index (κ2) is 6.67. The van der Waals surface area contributed by atoms with Crippen LogP contribution in [0.25, 0.3) is 0 Å². The van der Waals surface area contributed by atoms with E-state index < -0.39 is 35.4 Å². The van der Waals surface area contributed by atoms with Gasteiger partial charge in [-0.2, -0.15) is 0 Å². The first kappa shape index (κ1) is 18.0. The minimum Gasteiger partial charge on any atom is -0.478 e. The molecule has 144 valence electrons. The Morgan fingerprint density at radius 1 is 0.857 bits per heavy atom. The highest BCUT2D eigenvalue weighted by atomic mass is 16.5. The van der Waals surface area contributed by atoms with Gasteiger partial charge in [0.15, 0.2) is 0 Å². The van der Waals surface area contributed by atoms with E-state index in [0.29, 0.717) is 11.4 Å². The van der Waals surface area contributed by atoms with E-state index in [1.165, 1.54) is 19.1 Å². The van der Waals surface area contributed by atoms with Crippen LogP contribution in [0.3, 0.4) is 0 Å². The number of carbonyl (C=O) groups excluding carboxylic acids is 3. The zero-order valence-electron chi connectivity index (χ0n) is 15.4. The van der Waals surface area contributed by atoms with Crippen molar-refractivity contribution in [1.82, 2.24) is 0 Å². The molecule has 0 radical (unpaired) electrons. The maximum atomic E-state index is 13.0. The van der Waals surface area contributed by atoms with Crippen LogP contribution in [0.5, 0.6) is 5.75 Å². The summed E-state index contributed by atoms with van der Waals surface area (Å²) in [4.78, 5) is 39.4. The molecule has 1 aliphatic carbocycles. The van der Waals surface area contributed by atoms with Crippen LogP contribution in [0.1, 0.15) is 0 Å². The predicted octanol–water partition coefficient (Wildman–Crippen LogP) is 1.81. The average molecular weight is 381 g/mol. The van der Waals surface area contributed by atoms with Gasteiger partial charge in [0.2, 0.25) is 6.10 Å².